The monoisotopic (exact) mass is 298 g/mol. The van der Waals surface area contributed by atoms with E-state index in [9.17, 15) is 0 Å². The van der Waals surface area contributed by atoms with E-state index in [1.54, 1.807) is 12.3 Å². The van der Waals surface area contributed by atoms with Crippen molar-refractivity contribution in [1.29, 1.82) is 0 Å². The fourth-order valence-corrected chi connectivity index (χ4v) is 2.29. The molecule has 2 heterocycles. The first-order chi connectivity index (χ1) is 10.1. The lowest BCUT2D eigenvalue weighted by atomic mass is 10.2. The number of hydrogen-bond donors (Lipinski definition) is 0. The van der Waals surface area contributed by atoms with Gasteiger partial charge in [0.15, 0.2) is 0 Å². The molecule has 0 N–H and O–H groups in total. The highest BCUT2D eigenvalue weighted by atomic mass is 35.5. The molecular weight excluding hydrogens is 284 g/mol. The Balaban J connectivity index is 2.12. The first kappa shape index (κ1) is 13.8. The molecule has 0 amide bonds. The van der Waals surface area contributed by atoms with E-state index in [1.807, 2.05) is 54.9 Å². The van der Waals surface area contributed by atoms with Crippen molar-refractivity contribution in [3.63, 3.8) is 0 Å². The number of rotatable bonds is 3. The predicted molar refractivity (Wildman–Crippen MR) is 83.7 cm³/mol. The Morgan fingerprint density at radius 2 is 1.81 bits per heavy atom. The molecule has 0 saturated carbocycles. The minimum absolute atomic E-state index is 0.218. The molecule has 4 nitrogen and oxygen atoms in total. The van der Waals surface area contributed by atoms with Crippen LogP contribution in [0, 0.1) is 0 Å². The van der Waals surface area contributed by atoms with Gasteiger partial charge in [0.1, 0.15) is 11.0 Å². The van der Waals surface area contributed by atoms with Crippen LogP contribution in [0.15, 0.2) is 48.7 Å². The molecule has 0 bridgehead atoms. The van der Waals surface area contributed by atoms with Crippen molar-refractivity contribution in [2.75, 3.05) is 0 Å². The van der Waals surface area contributed by atoms with Gasteiger partial charge >= 0.3 is 0 Å². The van der Waals surface area contributed by atoms with Crippen molar-refractivity contribution in [1.82, 2.24) is 19.7 Å². The summed E-state index contributed by atoms with van der Waals surface area (Å²) in [6, 6.07) is 13.6. The summed E-state index contributed by atoms with van der Waals surface area (Å²) in [7, 11) is 0. The Morgan fingerprint density at radius 1 is 1.05 bits per heavy atom. The van der Waals surface area contributed by atoms with Crippen LogP contribution >= 0.6 is 11.6 Å². The van der Waals surface area contributed by atoms with Gasteiger partial charge in [-0.2, -0.15) is 5.10 Å². The Labute approximate surface area is 128 Å². The molecule has 0 aliphatic carbocycles. The van der Waals surface area contributed by atoms with Crippen molar-refractivity contribution >= 4 is 11.6 Å². The third-order valence-electron chi connectivity index (χ3n) is 3.13. The number of halogens is 1. The highest BCUT2D eigenvalue weighted by molar-refractivity contribution is 6.29. The zero-order valence-electron chi connectivity index (χ0n) is 11.9. The number of nitrogens with zero attached hydrogens (tertiary/aromatic N) is 4. The van der Waals surface area contributed by atoms with Gasteiger partial charge in [-0.3, -0.25) is 0 Å². The molecule has 0 radical (unpaired) electrons. The van der Waals surface area contributed by atoms with E-state index in [-0.39, 0.29) is 5.92 Å². The second-order valence-electron chi connectivity index (χ2n) is 5.05. The van der Waals surface area contributed by atoms with Gasteiger partial charge in [-0.25, -0.2) is 14.6 Å². The standard InChI is InChI=1S/C16H15ClN4/c1-11(2)16-19-13(10-15(17)20-16)14-8-9-18-21(14)12-6-4-3-5-7-12/h3-11H,1-2H3. The van der Waals surface area contributed by atoms with Crippen LogP contribution in [0.25, 0.3) is 17.1 Å². The molecule has 3 rings (SSSR count). The summed E-state index contributed by atoms with van der Waals surface area (Å²) >= 11 is 6.13. The largest absolute Gasteiger partial charge is 0.232 e. The zero-order valence-corrected chi connectivity index (χ0v) is 12.6. The van der Waals surface area contributed by atoms with Gasteiger partial charge < -0.3 is 0 Å². The molecule has 5 heteroatoms. The lowest BCUT2D eigenvalue weighted by molar-refractivity contribution is 0.773. The van der Waals surface area contributed by atoms with Crippen LogP contribution < -0.4 is 0 Å². The van der Waals surface area contributed by atoms with Crippen molar-refractivity contribution < 1.29 is 0 Å². The van der Waals surface area contributed by atoms with Crippen molar-refractivity contribution in [2.24, 2.45) is 0 Å². The number of benzene rings is 1. The SMILES string of the molecule is CC(C)c1nc(Cl)cc(-c2ccnn2-c2ccccc2)n1. The maximum absolute atomic E-state index is 6.13. The van der Waals surface area contributed by atoms with Gasteiger partial charge in [0, 0.05) is 12.0 Å². The minimum atomic E-state index is 0.218. The zero-order chi connectivity index (χ0) is 14.8. The molecule has 21 heavy (non-hydrogen) atoms. The number of para-hydroxylation sites is 1. The summed E-state index contributed by atoms with van der Waals surface area (Å²) in [5.74, 6) is 0.953. The summed E-state index contributed by atoms with van der Waals surface area (Å²) in [6.45, 7) is 4.09. The molecule has 2 aromatic heterocycles. The van der Waals surface area contributed by atoms with Gasteiger partial charge in [-0.1, -0.05) is 43.6 Å². The third-order valence-corrected chi connectivity index (χ3v) is 3.33. The van der Waals surface area contributed by atoms with Gasteiger partial charge in [0.2, 0.25) is 0 Å². The molecule has 1 aromatic carbocycles. The molecule has 0 aliphatic rings. The first-order valence-corrected chi connectivity index (χ1v) is 7.17. The smallest absolute Gasteiger partial charge is 0.133 e. The van der Waals surface area contributed by atoms with E-state index in [0.717, 1.165) is 22.9 Å². The topological polar surface area (TPSA) is 43.6 Å². The maximum atomic E-state index is 6.13. The number of hydrogen-bond acceptors (Lipinski definition) is 3. The Bertz CT molecular complexity index is 750. The van der Waals surface area contributed by atoms with Crippen LogP contribution in [0.2, 0.25) is 5.15 Å². The molecular formula is C16H15ClN4. The molecule has 106 valence electrons. The quantitative estimate of drug-likeness (QED) is 0.684. The van der Waals surface area contributed by atoms with E-state index in [2.05, 4.69) is 15.1 Å². The van der Waals surface area contributed by atoms with Crippen LogP contribution in [-0.2, 0) is 0 Å². The Kier molecular flexibility index (Phi) is 3.71. The first-order valence-electron chi connectivity index (χ1n) is 6.79. The van der Waals surface area contributed by atoms with E-state index in [0.29, 0.717) is 5.15 Å². The third kappa shape index (κ3) is 2.81. The molecule has 0 fully saturated rings. The van der Waals surface area contributed by atoms with Gasteiger partial charge in [0.05, 0.1) is 23.3 Å². The van der Waals surface area contributed by atoms with E-state index >= 15 is 0 Å². The molecule has 0 unspecified atom stereocenters. The summed E-state index contributed by atoms with van der Waals surface area (Å²) in [5.41, 5.74) is 2.66. The highest BCUT2D eigenvalue weighted by Gasteiger charge is 2.13. The lowest BCUT2D eigenvalue weighted by Gasteiger charge is -2.10. The molecule has 0 aliphatic heterocycles. The fraction of sp³-hybridized carbons (Fsp3) is 0.188. The second kappa shape index (κ2) is 5.66. The molecule has 3 aromatic rings. The van der Waals surface area contributed by atoms with Crippen LogP contribution in [0.5, 0.6) is 0 Å². The average Bonchev–Trinajstić information content (AvgIpc) is 2.97. The van der Waals surface area contributed by atoms with Crippen molar-refractivity contribution in [2.45, 2.75) is 19.8 Å². The van der Waals surface area contributed by atoms with Crippen LogP contribution in [0.1, 0.15) is 25.6 Å². The fourth-order valence-electron chi connectivity index (χ4n) is 2.10. The van der Waals surface area contributed by atoms with Crippen molar-refractivity contribution in [3.8, 4) is 17.1 Å². The van der Waals surface area contributed by atoms with Crippen LogP contribution in [0.3, 0.4) is 0 Å². The van der Waals surface area contributed by atoms with E-state index < -0.39 is 0 Å². The van der Waals surface area contributed by atoms with Gasteiger partial charge in [-0.15, -0.1) is 0 Å². The van der Waals surface area contributed by atoms with E-state index in [1.165, 1.54) is 0 Å². The Morgan fingerprint density at radius 3 is 2.52 bits per heavy atom. The molecule has 0 saturated heterocycles. The highest BCUT2D eigenvalue weighted by Crippen LogP contribution is 2.24. The van der Waals surface area contributed by atoms with Crippen molar-refractivity contribution in [3.05, 3.63) is 59.6 Å². The second-order valence-corrected chi connectivity index (χ2v) is 5.44. The Hall–Kier alpha value is -2.20. The summed E-state index contributed by atoms with van der Waals surface area (Å²) in [4.78, 5) is 8.88. The number of aromatic nitrogens is 4. The molecule has 0 atom stereocenters. The van der Waals surface area contributed by atoms with E-state index in [4.69, 9.17) is 11.6 Å². The average molecular weight is 299 g/mol. The summed E-state index contributed by atoms with van der Waals surface area (Å²) < 4.78 is 1.85. The lowest BCUT2D eigenvalue weighted by Crippen LogP contribution is -2.03. The van der Waals surface area contributed by atoms with Gasteiger partial charge in [-0.05, 0) is 18.2 Å². The van der Waals surface area contributed by atoms with Crippen LogP contribution in [-0.4, -0.2) is 19.7 Å². The summed E-state index contributed by atoms with van der Waals surface area (Å²) in [6.07, 6.45) is 1.76. The minimum Gasteiger partial charge on any atom is -0.232 e. The van der Waals surface area contributed by atoms with Gasteiger partial charge in [0.25, 0.3) is 0 Å². The summed E-state index contributed by atoms with van der Waals surface area (Å²) in [5, 5.41) is 4.83. The van der Waals surface area contributed by atoms with Crippen LogP contribution in [0.4, 0.5) is 0 Å². The molecule has 0 spiro atoms. The maximum Gasteiger partial charge on any atom is 0.133 e. The predicted octanol–water partition coefficient (Wildman–Crippen LogP) is 4.11. The normalized spacial score (nSPS) is 11.0.